The number of hydrogen-bond acceptors (Lipinski definition) is 4. The molecule has 0 saturated heterocycles. The van der Waals surface area contributed by atoms with Gasteiger partial charge in [0.15, 0.2) is 15.8 Å². The number of alkyl halides is 3. The van der Waals surface area contributed by atoms with Crippen LogP contribution in [0.5, 0.6) is 0 Å². The Bertz CT molecular complexity index is 579. The van der Waals surface area contributed by atoms with Crippen LogP contribution in [0, 0.1) is 5.92 Å². The van der Waals surface area contributed by atoms with Gasteiger partial charge in [0.25, 0.3) is 0 Å². The van der Waals surface area contributed by atoms with Crippen LogP contribution < -0.4 is 0 Å². The first-order chi connectivity index (χ1) is 9.01. The van der Waals surface area contributed by atoms with E-state index in [1.165, 1.54) is 24.3 Å². The van der Waals surface area contributed by atoms with Crippen LogP contribution in [0.25, 0.3) is 0 Å². The van der Waals surface area contributed by atoms with Crippen LogP contribution in [0.3, 0.4) is 0 Å². The highest BCUT2D eigenvalue weighted by Gasteiger charge is 2.44. The Balaban J connectivity index is 2.77. The largest absolute Gasteiger partial charge is 0.481 e. The van der Waals surface area contributed by atoms with Crippen molar-refractivity contribution >= 4 is 27.6 Å². The Morgan fingerprint density at radius 1 is 1.30 bits per heavy atom. The first kappa shape index (κ1) is 16.8. The second kappa shape index (κ2) is 6.04. The second-order valence-electron chi connectivity index (χ2n) is 3.99. The van der Waals surface area contributed by atoms with E-state index in [2.05, 4.69) is 0 Å². The number of carboxylic acid groups (broad SMARTS) is 1. The van der Waals surface area contributed by atoms with Crippen LogP contribution >= 0.6 is 11.8 Å². The van der Waals surface area contributed by atoms with Crippen molar-refractivity contribution in [3.05, 3.63) is 24.3 Å². The smallest absolute Gasteiger partial charge is 0.403 e. The predicted octanol–water partition coefficient (Wildman–Crippen LogP) is 2.45. The number of halogens is 3. The number of thioether (sulfide) groups is 1. The van der Waals surface area contributed by atoms with Crippen molar-refractivity contribution in [1.82, 2.24) is 0 Å². The first-order valence-corrected chi connectivity index (χ1v) is 8.12. The maximum Gasteiger partial charge on any atom is 0.403 e. The van der Waals surface area contributed by atoms with Crippen LogP contribution in [0.4, 0.5) is 13.2 Å². The minimum atomic E-state index is -4.81. The van der Waals surface area contributed by atoms with E-state index >= 15 is 0 Å². The van der Waals surface area contributed by atoms with Crippen molar-refractivity contribution in [2.24, 2.45) is 5.92 Å². The van der Waals surface area contributed by atoms with Crippen LogP contribution in [-0.2, 0) is 14.6 Å². The SMILES string of the molecule is CS(=O)(=O)c1ccc(SCC(C(=O)O)C(F)(F)F)cc1. The molecule has 4 nitrogen and oxygen atoms in total. The summed E-state index contributed by atoms with van der Waals surface area (Å²) in [5.41, 5.74) is 0. The molecule has 1 aromatic carbocycles. The Kier molecular flexibility index (Phi) is 5.09. The molecule has 9 heteroatoms. The summed E-state index contributed by atoms with van der Waals surface area (Å²) in [4.78, 5) is 11.0. The van der Waals surface area contributed by atoms with Crippen molar-refractivity contribution < 1.29 is 31.5 Å². The molecule has 0 bridgehead atoms. The van der Waals surface area contributed by atoms with E-state index in [1.54, 1.807) is 0 Å². The summed E-state index contributed by atoms with van der Waals surface area (Å²) in [7, 11) is -3.37. The number of rotatable bonds is 5. The van der Waals surface area contributed by atoms with E-state index in [-0.39, 0.29) is 4.90 Å². The van der Waals surface area contributed by atoms with E-state index < -0.39 is 33.7 Å². The minimum Gasteiger partial charge on any atom is -0.481 e. The summed E-state index contributed by atoms with van der Waals surface area (Å²) in [5, 5.41) is 8.53. The molecule has 1 N–H and O–H groups in total. The van der Waals surface area contributed by atoms with Crippen LogP contribution in [-0.4, -0.2) is 37.7 Å². The molecule has 0 spiro atoms. The van der Waals surface area contributed by atoms with Crippen molar-refractivity contribution in [2.45, 2.75) is 16.0 Å². The summed E-state index contributed by atoms with van der Waals surface area (Å²) in [5.74, 6) is -5.06. The predicted molar refractivity (Wildman–Crippen MR) is 67.5 cm³/mol. The van der Waals surface area contributed by atoms with Gasteiger partial charge in [0, 0.05) is 16.9 Å². The topological polar surface area (TPSA) is 71.4 Å². The van der Waals surface area contributed by atoms with Gasteiger partial charge < -0.3 is 5.11 Å². The third kappa shape index (κ3) is 4.71. The van der Waals surface area contributed by atoms with Crippen molar-refractivity contribution in [3.63, 3.8) is 0 Å². The lowest BCUT2D eigenvalue weighted by atomic mass is 10.2. The molecule has 1 atom stereocenters. The van der Waals surface area contributed by atoms with Crippen LogP contribution in [0.2, 0.25) is 0 Å². The number of carboxylic acids is 1. The Morgan fingerprint density at radius 2 is 1.80 bits per heavy atom. The van der Waals surface area contributed by atoms with Gasteiger partial charge in [0.1, 0.15) is 0 Å². The maximum atomic E-state index is 12.4. The summed E-state index contributed by atoms with van der Waals surface area (Å²) in [6.07, 6.45) is -3.80. The molecular weight excluding hydrogens is 317 g/mol. The molecule has 20 heavy (non-hydrogen) atoms. The molecule has 1 aromatic rings. The molecule has 0 amide bonds. The standard InChI is InChI=1S/C11H11F3O4S2/c1-20(17,18)8-4-2-7(3-5-8)19-6-9(10(15)16)11(12,13)14/h2-5,9H,6H2,1H3,(H,15,16). The van der Waals surface area contributed by atoms with Crippen molar-refractivity contribution in [1.29, 1.82) is 0 Å². The number of hydrogen-bond donors (Lipinski definition) is 1. The first-order valence-electron chi connectivity index (χ1n) is 5.24. The molecule has 0 aromatic heterocycles. The lowest BCUT2D eigenvalue weighted by Crippen LogP contribution is -2.32. The quantitative estimate of drug-likeness (QED) is 0.841. The Morgan fingerprint density at radius 3 is 2.15 bits per heavy atom. The van der Waals surface area contributed by atoms with E-state index in [0.29, 0.717) is 16.7 Å². The monoisotopic (exact) mass is 328 g/mol. The molecule has 0 saturated carbocycles. The molecule has 0 aliphatic carbocycles. The third-order valence-corrected chi connectivity index (χ3v) is 4.60. The maximum absolute atomic E-state index is 12.4. The van der Waals surface area contributed by atoms with Crippen LogP contribution in [0.1, 0.15) is 0 Å². The summed E-state index contributed by atoms with van der Waals surface area (Å²) < 4.78 is 59.7. The zero-order valence-electron chi connectivity index (χ0n) is 10.2. The Labute approximate surface area is 117 Å². The highest BCUT2D eigenvalue weighted by Crippen LogP contribution is 2.32. The molecule has 1 unspecified atom stereocenters. The molecule has 0 radical (unpaired) electrons. The molecule has 0 aliphatic rings. The van der Waals surface area contributed by atoms with Gasteiger partial charge >= 0.3 is 12.1 Å². The summed E-state index contributed by atoms with van der Waals surface area (Å²) in [6, 6.07) is 5.22. The van der Waals surface area contributed by atoms with Gasteiger partial charge in [-0.05, 0) is 24.3 Å². The van der Waals surface area contributed by atoms with Gasteiger partial charge in [-0.25, -0.2) is 8.42 Å². The molecule has 0 heterocycles. The van der Waals surface area contributed by atoms with Gasteiger partial charge in [-0.15, -0.1) is 11.8 Å². The fourth-order valence-corrected chi connectivity index (χ4v) is 2.92. The lowest BCUT2D eigenvalue weighted by Gasteiger charge is -2.15. The molecular formula is C11H11F3O4S2. The average Bonchev–Trinajstić information content (AvgIpc) is 2.26. The van der Waals surface area contributed by atoms with E-state index in [0.717, 1.165) is 6.26 Å². The highest BCUT2D eigenvalue weighted by molar-refractivity contribution is 7.99. The van der Waals surface area contributed by atoms with Gasteiger partial charge in [-0.3, -0.25) is 4.79 Å². The van der Waals surface area contributed by atoms with Gasteiger partial charge in [-0.1, -0.05) is 0 Å². The summed E-state index contributed by atoms with van der Waals surface area (Å²) in [6.45, 7) is 0. The summed E-state index contributed by atoms with van der Waals surface area (Å²) >= 11 is 0.707. The number of aliphatic carboxylic acids is 1. The molecule has 0 aliphatic heterocycles. The zero-order valence-corrected chi connectivity index (χ0v) is 11.8. The number of sulfone groups is 1. The van der Waals surface area contributed by atoms with E-state index in [1.807, 2.05) is 0 Å². The average molecular weight is 328 g/mol. The lowest BCUT2D eigenvalue weighted by molar-refractivity contribution is -0.188. The third-order valence-electron chi connectivity index (χ3n) is 2.36. The van der Waals surface area contributed by atoms with Gasteiger partial charge in [-0.2, -0.15) is 13.2 Å². The van der Waals surface area contributed by atoms with Crippen LogP contribution in [0.15, 0.2) is 34.1 Å². The molecule has 112 valence electrons. The second-order valence-corrected chi connectivity index (χ2v) is 7.10. The zero-order chi connectivity index (χ0) is 15.6. The highest BCUT2D eigenvalue weighted by atomic mass is 32.2. The fraction of sp³-hybridized carbons (Fsp3) is 0.364. The minimum absolute atomic E-state index is 0.0486. The molecule has 0 fully saturated rings. The van der Waals surface area contributed by atoms with Crippen molar-refractivity contribution in [2.75, 3.05) is 12.0 Å². The van der Waals surface area contributed by atoms with E-state index in [4.69, 9.17) is 5.11 Å². The number of benzene rings is 1. The van der Waals surface area contributed by atoms with Gasteiger partial charge in [0.2, 0.25) is 0 Å². The van der Waals surface area contributed by atoms with E-state index in [9.17, 15) is 26.4 Å². The number of carbonyl (C=O) groups is 1. The molecule has 1 rings (SSSR count). The van der Waals surface area contributed by atoms with Gasteiger partial charge in [0.05, 0.1) is 4.90 Å². The Hall–Kier alpha value is -1.22. The normalized spacial score (nSPS) is 14.0. The fourth-order valence-electron chi connectivity index (χ4n) is 1.27. The van der Waals surface area contributed by atoms with Crippen molar-refractivity contribution in [3.8, 4) is 0 Å².